The van der Waals surface area contributed by atoms with Crippen molar-refractivity contribution in [2.75, 3.05) is 44.2 Å². The van der Waals surface area contributed by atoms with Crippen LogP contribution in [0, 0.1) is 13.8 Å². The SMILES string of the molecule is Cc1ccc(-c2cc(C(=O)NCCCCN3CCN(c4cccc(Cl)c4Cl)CC3)c(C)[nH]2)cc1.Cl. The van der Waals surface area contributed by atoms with Gasteiger partial charge in [-0.25, -0.2) is 0 Å². The number of hydrogen-bond acceptors (Lipinski definition) is 3. The Labute approximate surface area is 224 Å². The number of H-pyrrole nitrogens is 1. The Morgan fingerprint density at radius 1 is 1.00 bits per heavy atom. The zero-order valence-corrected chi connectivity index (χ0v) is 22.6. The van der Waals surface area contributed by atoms with Gasteiger partial charge in [-0.1, -0.05) is 59.1 Å². The molecular weight excluding hydrogens is 503 g/mol. The van der Waals surface area contributed by atoms with Crippen molar-refractivity contribution in [2.24, 2.45) is 0 Å². The summed E-state index contributed by atoms with van der Waals surface area (Å²) in [6, 6.07) is 16.1. The first kappa shape index (κ1) is 27.4. The molecule has 1 aliphatic heterocycles. The fourth-order valence-electron chi connectivity index (χ4n) is 4.39. The Morgan fingerprint density at radius 2 is 1.71 bits per heavy atom. The van der Waals surface area contributed by atoms with Crippen molar-refractivity contribution >= 4 is 47.2 Å². The van der Waals surface area contributed by atoms with Crippen LogP contribution in [0.3, 0.4) is 0 Å². The predicted octanol–water partition coefficient (Wildman–Crippen LogP) is 6.36. The van der Waals surface area contributed by atoms with E-state index in [1.807, 2.05) is 31.2 Å². The second kappa shape index (κ2) is 12.7. The molecule has 35 heavy (non-hydrogen) atoms. The number of amides is 1. The molecule has 1 amide bonds. The van der Waals surface area contributed by atoms with Crippen molar-refractivity contribution in [3.8, 4) is 11.3 Å². The van der Waals surface area contributed by atoms with Crippen LogP contribution in [0.1, 0.15) is 34.5 Å². The number of hydrogen-bond donors (Lipinski definition) is 2. The van der Waals surface area contributed by atoms with E-state index < -0.39 is 0 Å². The van der Waals surface area contributed by atoms with Crippen molar-refractivity contribution in [1.82, 2.24) is 15.2 Å². The molecular formula is C27H33Cl3N4O. The Morgan fingerprint density at radius 3 is 2.43 bits per heavy atom. The lowest BCUT2D eigenvalue weighted by Gasteiger charge is -2.36. The monoisotopic (exact) mass is 534 g/mol. The first-order valence-corrected chi connectivity index (χ1v) is 12.6. The molecule has 0 saturated carbocycles. The highest BCUT2D eigenvalue weighted by Gasteiger charge is 2.19. The molecule has 0 spiro atoms. The number of halogens is 3. The van der Waals surface area contributed by atoms with Gasteiger partial charge in [0, 0.05) is 44.1 Å². The summed E-state index contributed by atoms with van der Waals surface area (Å²) in [7, 11) is 0. The summed E-state index contributed by atoms with van der Waals surface area (Å²) in [5, 5.41) is 4.32. The number of unbranched alkanes of at least 4 members (excludes halogenated alkanes) is 1. The first-order valence-electron chi connectivity index (χ1n) is 11.9. The van der Waals surface area contributed by atoms with Gasteiger partial charge in [0.15, 0.2) is 0 Å². The highest BCUT2D eigenvalue weighted by atomic mass is 35.5. The number of rotatable bonds is 8. The van der Waals surface area contributed by atoms with E-state index in [1.54, 1.807) is 0 Å². The van der Waals surface area contributed by atoms with E-state index >= 15 is 0 Å². The molecule has 0 bridgehead atoms. The Bertz CT molecular complexity index is 1120. The van der Waals surface area contributed by atoms with E-state index in [1.165, 1.54) is 5.56 Å². The van der Waals surface area contributed by atoms with Gasteiger partial charge >= 0.3 is 0 Å². The van der Waals surface area contributed by atoms with Gasteiger partial charge in [-0.2, -0.15) is 0 Å². The van der Waals surface area contributed by atoms with Gasteiger partial charge in [-0.3, -0.25) is 9.69 Å². The molecule has 8 heteroatoms. The summed E-state index contributed by atoms with van der Waals surface area (Å²) in [6.45, 7) is 9.61. The maximum Gasteiger partial charge on any atom is 0.253 e. The first-order chi connectivity index (χ1) is 16.4. The quantitative estimate of drug-likeness (QED) is 0.330. The van der Waals surface area contributed by atoms with Crippen molar-refractivity contribution in [1.29, 1.82) is 0 Å². The van der Waals surface area contributed by atoms with E-state index in [0.29, 0.717) is 22.2 Å². The van der Waals surface area contributed by atoms with Crippen LogP contribution >= 0.6 is 35.6 Å². The number of carbonyl (C=O) groups excluding carboxylic acids is 1. The number of benzene rings is 2. The molecule has 0 aliphatic carbocycles. The summed E-state index contributed by atoms with van der Waals surface area (Å²) in [6.07, 6.45) is 2.01. The number of nitrogens with one attached hydrogen (secondary N) is 2. The van der Waals surface area contributed by atoms with Crippen molar-refractivity contribution in [2.45, 2.75) is 26.7 Å². The van der Waals surface area contributed by atoms with Crippen LogP contribution in [0.15, 0.2) is 48.5 Å². The fourth-order valence-corrected chi connectivity index (χ4v) is 4.80. The number of carbonyl (C=O) groups is 1. The molecule has 1 fully saturated rings. The third-order valence-electron chi connectivity index (χ3n) is 6.45. The predicted molar refractivity (Wildman–Crippen MR) is 150 cm³/mol. The smallest absolute Gasteiger partial charge is 0.253 e. The van der Waals surface area contributed by atoms with Crippen LogP contribution in [0.25, 0.3) is 11.3 Å². The summed E-state index contributed by atoms with van der Waals surface area (Å²) >= 11 is 12.5. The van der Waals surface area contributed by atoms with Crippen molar-refractivity contribution < 1.29 is 4.79 Å². The van der Waals surface area contributed by atoms with Gasteiger partial charge in [0.25, 0.3) is 5.91 Å². The second-order valence-corrected chi connectivity index (χ2v) is 9.74. The average molecular weight is 536 g/mol. The van der Waals surface area contributed by atoms with E-state index in [9.17, 15) is 4.79 Å². The largest absolute Gasteiger partial charge is 0.368 e. The average Bonchev–Trinajstić information content (AvgIpc) is 3.23. The molecule has 3 aromatic rings. The minimum atomic E-state index is -0.0147. The summed E-state index contributed by atoms with van der Waals surface area (Å²) in [5.41, 5.74) is 5.91. The summed E-state index contributed by atoms with van der Waals surface area (Å²) in [4.78, 5) is 20.8. The normalized spacial score (nSPS) is 14.0. The molecule has 1 aromatic heterocycles. The van der Waals surface area contributed by atoms with Gasteiger partial charge in [-0.05, 0) is 57.0 Å². The number of aryl methyl sites for hydroxylation is 2. The lowest BCUT2D eigenvalue weighted by Crippen LogP contribution is -2.46. The molecule has 2 heterocycles. The van der Waals surface area contributed by atoms with E-state index in [0.717, 1.165) is 68.2 Å². The molecule has 1 aliphatic rings. The third-order valence-corrected chi connectivity index (χ3v) is 7.26. The minimum Gasteiger partial charge on any atom is -0.368 e. The molecule has 0 unspecified atom stereocenters. The zero-order valence-electron chi connectivity index (χ0n) is 20.2. The number of nitrogens with zero attached hydrogens (tertiary/aromatic N) is 2. The molecule has 2 N–H and O–H groups in total. The van der Waals surface area contributed by atoms with Crippen molar-refractivity contribution in [3.63, 3.8) is 0 Å². The van der Waals surface area contributed by atoms with Gasteiger partial charge in [-0.15, -0.1) is 12.4 Å². The van der Waals surface area contributed by atoms with Gasteiger partial charge in [0.1, 0.15) is 0 Å². The van der Waals surface area contributed by atoms with Crippen LogP contribution in [-0.4, -0.2) is 55.1 Å². The summed E-state index contributed by atoms with van der Waals surface area (Å²) < 4.78 is 0. The molecule has 1 saturated heterocycles. The van der Waals surface area contributed by atoms with E-state index in [2.05, 4.69) is 51.3 Å². The molecule has 188 valence electrons. The van der Waals surface area contributed by atoms with E-state index in [-0.39, 0.29) is 18.3 Å². The number of aromatic amines is 1. The third kappa shape index (κ3) is 6.95. The maximum absolute atomic E-state index is 12.7. The second-order valence-electron chi connectivity index (χ2n) is 8.95. The molecule has 0 atom stereocenters. The number of anilines is 1. The van der Waals surface area contributed by atoms with Crippen LogP contribution < -0.4 is 10.2 Å². The fraction of sp³-hybridized carbons (Fsp3) is 0.370. The van der Waals surface area contributed by atoms with Crippen LogP contribution in [0.5, 0.6) is 0 Å². The lowest BCUT2D eigenvalue weighted by molar-refractivity contribution is 0.0952. The molecule has 5 nitrogen and oxygen atoms in total. The van der Waals surface area contributed by atoms with Gasteiger partial charge < -0.3 is 15.2 Å². The van der Waals surface area contributed by atoms with Crippen LogP contribution in [0.2, 0.25) is 10.0 Å². The Kier molecular flexibility index (Phi) is 9.93. The lowest BCUT2D eigenvalue weighted by atomic mass is 10.1. The van der Waals surface area contributed by atoms with E-state index in [4.69, 9.17) is 23.2 Å². The van der Waals surface area contributed by atoms with Crippen LogP contribution in [0.4, 0.5) is 5.69 Å². The van der Waals surface area contributed by atoms with Crippen LogP contribution in [-0.2, 0) is 0 Å². The van der Waals surface area contributed by atoms with Gasteiger partial charge in [0.2, 0.25) is 0 Å². The topological polar surface area (TPSA) is 51.4 Å². The molecule has 2 aromatic carbocycles. The Hall–Kier alpha value is -2.18. The highest BCUT2D eigenvalue weighted by Crippen LogP contribution is 2.32. The molecule has 0 radical (unpaired) electrons. The molecule has 4 rings (SSSR count). The Balaban J connectivity index is 0.00000342. The number of piperazine rings is 1. The summed E-state index contributed by atoms with van der Waals surface area (Å²) in [5.74, 6) is -0.0147. The standard InChI is InChI=1S/C27H32Cl2N4O.ClH/c1-19-8-10-21(11-9-19)24-18-22(20(2)31-24)27(34)30-12-3-4-13-32-14-16-33(17-15-32)25-7-5-6-23(28)26(25)29;/h5-11,18,31H,3-4,12-17H2,1-2H3,(H,30,34);1H. The highest BCUT2D eigenvalue weighted by molar-refractivity contribution is 6.43. The minimum absolute atomic E-state index is 0. The van der Waals surface area contributed by atoms with Crippen molar-refractivity contribution in [3.05, 3.63) is 75.4 Å². The zero-order chi connectivity index (χ0) is 24.1. The maximum atomic E-state index is 12.7. The number of aromatic nitrogens is 1. The van der Waals surface area contributed by atoms with Gasteiger partial charge in [0.05, 0.1) is 21.3 Å².